The maximum absolute atomic E-state index is 12.9. The van der Waals surface area contributed by atoms with Crippen LogP contribution >= 0.6 is 0 Å². The van der Waals surface area contributed by atoms with Crippen molar-refractivity contribution in [2.45, 2.75) is 19.9 Å². The van der Waals surface area contributed by atoms with E-state index in [4.69, 9.17) is 10.5 Å². The standard InChI is InChI=1S/C12H17FN2O2/c1-8(2)15(3)12(16)7-17-11-6-9(13)4-5-10(11)14/h4-6,8H,7,14H2,1-3H3. The molecule has 0 saturated carbocycles. The van der Waals surface area contributed by atoms with Crippen molar-refractivity contribution in [2.75, 3.05) is 19.4 Å². The first-order valence-electron chi connectivity index (χ1n) is 5.35. The number of anilines is 1. The van der Waals surface area contributed by atoms with E-state index in [2.05, 4.69) is 0 Å². The van der Waals surface area contributed by atoms with Gasteiger partial charge < -0.3 is 15.4 Å². The Kier molecular flexibility index (Phi) is 4.31. The first kappa shape index (κ1) is 13.3. The fourth-order valence-electron chi connectivity index (χ4n) is 1.16. The summed E-state index contributed by atoms with van der Waals surface area (Å²) in [6, 6.07) is 3.90. The quantitative estimate of drug-likeness (QED) is 0.814. The molecule has 4 nitrogen and oxygen atoms in total. The zero-order chi connectivity index (χ0) is 13.0. The molecule has 0 bridgehead atoms. The van der Waals surface area contributed by atoms with Crippen molar-refractivity contribution in [3.63, 3.8) is 0 Å². The lowest BCUT2D eigenvalue weighted by atomic mass is 10.3. The molecule has 1 aromatic rings. The number of hydrogen-bond donors (Lipinski definition) is 1. The molecule has 0 atom stereocenters. The van der Waals surface area contributed by atoms with Crippen molar-refractivity contribution < 1.29 is 13.9 Å². The van der Waals surface area contributed by atoms with Gasteiger partial charge in [-0.25, -0.2) is 4.39 Å². The number of carbonyl (C=O) groups is 1. The number of benzene rings is 1. The van der Waals surface area contributed by atoms with E-state index in [1.807, 2.05) is 13.8 Å². The van der Waals surface area contributed by atoms with Gasteiger partial charge in [0, 0.05) is 19.2 Å². The maximum atomic E-state index is 12.9. The molecule has 1 amide bonds. The summed E-state index contributed by atoms with van der Waals surface area (Å²) in [4.78, 5) is 13.2. The van der Waals surface area contributed by atoms with E-state index in [0.717, 1.165) is 6.07 Å². The van der Waals surface area contributed by atoms with E-state index in [1.165, 1.54) is 12.1 Å². The van der Waals surface area contributed by atoms with Crippen molar-refractivity contribution in [2.24, 2.45) is 0 Å². The van der Waals surface area contributed by atoms with Gasteiger partial charge in [0.1, 0.15) is 11.6 Å². The molecule has 0 saturated heterocycles. The molecule has 1 rings (SSSR count). The first-order valence-corrected chi connectivity index (χ1v) is 5.35. The first-order chi connectivity index (χ1) is 7.91. The largest absolute Gasteiger partial charge is 0.482 e. The number of carbonyl (C=O) groups excluding carboxylic acids is 1. The summed E-state index contributed by atoms with van der Waals surface area (Å²) in [7, 11) is 1.69. The van der Waals surface area contributed by atoms with Gasteiger partial charge in [-0.2, -0.15) is 0 Å². The molecule has 0 spiro atoms. The monoisotopic (exact) mass is 240 g/mol. The van der Waals surface area contributed by atoms with Gasteiger partial charge in [0.25, 0.3) is 5.91 Å². The topological polar surface area (TPSA) is 55.6 Å². The van der Waals surface area contributed by atoms with Crippen LogP contribution in [0, 0.1) is 5.82 Å². The molecule has 17 heavy (non-hydrogen) atoms. The Hall–Kier alpha value is -1.78. The smallest absolute Gasteiger partial charge is 0.260 e. The second-order valence-corrected chi connectivity index (χ2v) is 4.07. The van der Waals surface area contributed by atoms with Crippen LogP contribution in [-0.2, 0) is 4.79 Å². The van der Waals surface area contributed by atoms with E-state index >= 15 is 0 Å². The molecule has 0 radical (unpaired) electrons. The molecule has 0 heterocycles. The number of rotatable bonds is 4. The molecule has 0 aliphatic carbocycles. The molecule has 2 N–H and O–H groups in total. The lowest BCUT2D eigenvalue weighted by Gasteiger charge is -2.21. The summed E-state index contributed by atoms with van der Waals surface area (Å²) in [5, 5.41) is 0. The number of hydrogen-bond acceptors (Lipinski definition) is 3. The summed E-state index contributed by atoms with van der Waals surface area (Å²) in [5.41, 5.74) is 5.91. The number of nitrogens with zero attached hydrogens (tertiary/aromatic N) is 1. The minimum atomic E-state index is -0.445. The molecule has 0 aliphatic heterocycles. The van der Waals surface area contributed by atoms with E-state index in [-0.39, 0.29) is 24.3 Å². The van der Waals surface area contributed by atoms with Crippen LogP contribution in [-0.4, -0.2) is 30.5 Å². The molecule has 0 aliphatic rings. The second kappa shape index (κ2) is 5.52. The average molecular weight is 240 g/mol. The SMILES string of the molecule is CC(C)N(C)C(=O)COc1cc(F)ccc1N. The van der Waals surface area contributed by atoms with Crippen LogP contribution < -0.4 is 10.5 Å². The number of nitrogens with two attached hydrogens (primary N) is 1. The van der Waals surface area contributed by atoms with Crippen molar-refractivity contribution in [3.05, 3.63) is 24.0 Å². The third-order valence-corrected chi connectivity index (χ3v) is 2.49. The second-order valence-electron chi connectivity index (χ2n) is 4.07. The third-order valence-electron chi connectivity index (χ3n) is 2.49. The van der Waals surface area contributed by atoms with Gasteiger partial charge in [-0.15, -0.1) is 0 Å². The van der Waals surface area contributed by atoms with Crippen LogP contribution in [0.5, 0.6) is 5.75 Å². The highest BCUT2D eigenvalue weighted by molar-refractivity contribution is 5.78. The molecule has 0 unspecified atom stereocenters. The highest BCUT2D eigenvalue weighted by Gasteiger charge is 2.13. The van der Waals surface area contributed by atoms with Crippen molar-refractivity contribution in [3.8, 4) is 5.75 Å². The normalized spacial score (nSPS) is 10.4. The predicted molar refractivity (Wildman–Crippen MR) is 64.2 cm³/mol. The average Bonchev–Trinajstić information content (AvgIpc) is 2.28. The summed E-state index contributed by atoms with van der Waals surface area (Å²) >= 11 is 0. The summed E-state index contributed by atoms with van der Waals surface area (Å²) in [6.45, 7) is 3.64. The van der Waals surface area contributed by atoms with Crippen molar-refractivity contribution in [1.82, 2.24) is 4.90 Å². The lowest BCUT2D eigenvalue weighted by Crippen LogP contribution is -2.36. The number of halogens is 1. The Labute approximate surface area is 100 Å². The van der Waals surface area contributed by atoms with Gasteiger partial charge >= 0.3 is 0 Å². The van der Waals surface area contributed by atoms with E-state index in [0.29, 0.717) is 5.69 Å². The fraction of sp³-hybridized carbons (Fsp3) is 0.417. The molecule has 1 aromatic carbocycles. The lowest BCUT2D eigenvalue weighted by molar-refractivity contribution is -0.133. The molecule has 0 fully saturated rings. The van der Waals surface area contributed by atoms with Gasteiger partial charge in [-0.3, -0.25) is 4.79 Å². The minimum absolute atomic E-state index is 0.0935. The number of likely N-dealkylation sites (N-methyl/N-ethyl adjacent to an activating group) is 1. The Morgan fingerprint density at radius 3 is 2.76 bits per heavy atom. The molecule has 94 valence electrons. The minimum Gasteiger partial charge on any atom is -0.482 e. The number of amides is 1. The van der Waals surface area contributed by atoms with Crippen LogP contribution in [0.4, 0.5) is 10.1 Å². The van der Waals surface area contributed by atoms with Crippen LogP contribution in [0.1, 0.15) is 13.8 Å². The Bertz CT molecular complexity index is 407. The van der Waals surface area contributed by atoms with Crippen LogP contribution in [0.25, 0.3) is 0 Å². The van der Waals surface area contributed by atoms with Crippen LogP contribution in [0.3, 0.4) is 0 Å². The van der Waals surface area contributed by atoms with Crippen LogP contribution in [0.2, 0.25) is 0 Å². The summed E-state index contributed by atoms with van der Waals surface area (Å²) in [6.07, 6.45) is 0. The fourth-order valence-corrected chi connectivity index (χ4v) is 1.16. The van der Waals surface area contributed by atoms with E-state index in [1.54, 1.807) is 11.9 Å². The summed E-state index contributed by atoms with van der Waals surface area (Å²) < 4.78 is 18.1. The van der Waals surface area contributed by atoms with Crippen LogP contribution in [0.15, 0.2) is 18.2 Å². The van der Waals surface area contributed by atoms with Gasteiger partial charge in [0.15, 0.2) is 6.61 Å². The van der Waals surface area contributed by atoms with Crippen molar-refractivity contribution >= 4 is 11.6 Å². The summed E-state index contributed by atoms with van der Waals surface area (Å²) in [5.74, 6) is -0.432. The van der Waals surface area contributed by atoms with E-state index in [9.17, 15) is 9.18 Å². The number of ether oxygens (including phenoxy) is 1. The number of nitrogen functional groups attached to an aromatic ring is 1. The predicted octanol–water partition coefficient (Wildman–Crippen LogP) is 1.65. The Morgan fingerprint density at radius 2 is 2.18 bits per heavy atom. The van der Waals surface area contributed by atoms with Gasteiger partial charge in [-0.05, 0) is 26.0 Å². The van der Waals surface area contributed by atoms with Gasteiger partial charge in [0.2, 0.25) is 0 Å². The maximum Gasteiger partial charge on any atom is 0.260 e. The molecule has 0 aromatic heterocycles. The molecular formula is C12H17FN2O2. The zero-order valence-electron chi connectivity index (χ0n) is 10.2. The highest BCUT2D eigenvalue weighted by Crippen LogP contribution is 2.21. The Morgan fingerprint density at radius 1 is 1.53 bits per heavy atom. The third kappa shape index (κ3) is 3.62. The van der Waals surface area contributed by atoms with Gasteiger partial charge in [-0.1, -0.05) is 0 Å². The molecular weight excluding hydrogens is 223 g/mol. The van der Waals surface area contributed by atoms with Crippen molar-refractivity contribution in [1.29, 1.82) is 0 Å². The van der Waals surface area contributed by atoms with E-state index < -0.39 is 5.82 Å². The van der Waals surface area contributed by atoms with Gasteiger partial charge in [0.05, 0.1) is 5.69 Å². The highest BCUT2D eigenvalue weighted by atomic mass is 19.1. The Balaban J connectivity index is 2.61. The molecule has 5 heteroatoms. The zero-order valence-corrected chi connectivity index (χ0v) is 10.2.